The Morgan fingerprint density at radius 3 is 2.59 bits per heavy atom. The molecule has 4 nitrogen and oxygen atoms in total. The highest BCUT2D eigenvalue weighted by molar-refractivity contribution is 9.10. The third-order valence-corrected chi connectivity index (χ3v) is 5.85. The predicted octanol–water partition coefficient (Wildman–Crippen LogP) is 4.60. The highest BCUT2D eigenvalue weighted by Crippen LogP contribution is 2.32. The third-order valence-electron chi connectivity index (χ3n) is 4.37. The molecular formula is C16H17BrN4S. The van der Waals surface area contributed by atoms with E-state index in [0.29, 0.717) is 5.92 Å². The first kappa shape index (κ1) is 14.5. The number of nitrogens with zero attached hydrogens (tertiary/aromatic N) is 4. The molecule has 0 bridgehead atoms. The minimum atomic E-state index is 0.648. The van der Waals surface area contributed by atoms with Crippen molar-refractivity contribution in [3.63, 3.8) is 0 Å². The van der Waals surface area contributed by atoms with Crippen LogP contribution in [-0.2, 0) is 0 Å². The Hall–Kier alpha value is -1.14. The van der Waals surface area contributed by atoms with E-state index in [-0.39, 0.29) is 0 Å². The van der Waals surface area contributed by atoms with Crippen LogP contribution in [0.3, 0.4) is 0 Å². The summed E-state index contributed by atoms with van der Waals surface area (Å²) >= 11 is 5.23. The van der Waals surface area contributed by atoms with Gasteiger partial charge in [-0.15, -0.1) is 10.2 Å². The summed E-state index contributed by atoms with van der Waals surface area (Å²) in [6.45, 7) is 0. The first-order chi connectivity index (χ1) is 10.8. The van der Waals surface area contributed by atoms with Crippen LogP contribution in [0.25, 0.3) is 11.4 Å². The summed E-state index contributed by atoms with van der Waals surface area (Å²) in [5, 5.41) is 14.4. The Balaban J connectivity index is 1.69. The lowest BCUT2D eigenvalue weighted by molar-refractivity contribution is 0.436. The van der Waals surface area contributed by atoms with Gasteiger partial charge in [0, 0.05) is 15.8 Å². The van der Waals surface area contributed by atoms with Crippen molar-refractivity contribution in [3.05, 3.63) is 28.7 Å². The summed E-state index contributed by atoms with van der Waals surface area (Å²) in [6, 6.07) is 8.16. The smallest absolute Gasteiger partial charge is 0.187 e. The Morgan fingerprint density at radius 2 is 1.82 bits per heavy atom. The Bertz CT molecular complexity index is 701. The van der Waals surface area contributed by atoms with Crippen LogP contribution in [0.1, 0.15) is 32.1 Å². The summed E-state index contributed by atoms with van der Waals surface area (Å²) in [6.07, 6.45) is 6.61. The van der Waals surface area contributed by atoms with Crippen molar-refractivity contribution in [2.24, 2.45) is 11.0 Å². The number of halogens is 1. The molecule has 1 saturated carbocycles. The zero-order chi connectivity index (χ0) is 14.9. The van der Waals surface area contributed by atoms with E-state index in [0.717, 1.165) is 26.8 Å². The minimum Gasteiger partial charge on any atom is -0.187 e. The second kappa shape index (κ2) is 6.16. The zero-order valence-electron chi connectivity index (χ0n) is 12.2. The van der Waals surface area contributed by atoms with Crippen molar-refractivity contribution in [1.82, 2.24) is 14.9 Å². The lowest BCUT2D eigenvalue weighted by atomic mass is 9.86. The quantitative estimate of drug-likeness (QED) is 0.768. The number of hydrogen-bond acceptors (Lipinski definition) is 4. The van der Waals surface area contributed by atoms with Crippen LogP contribution in [0.15, 0.2) is 39.0 Å². The number of aromatic nitrogens is 3. The van der Waals surface area contributed by atoms with Gasteiger partial charge >= 0.3 is 0 Å². The van der Waals surface area contributed by atoms with Crippen LogP contribution in [0.5, 0.6) is 0 Å². The molecule has 2 aromatic rings. The lowest BCUT2D eigenvalue weighted by Crippen LogP contribution is -2.23. The van der Waals surface area contributed by atoms with E-state index < -0.39 is 0 Å². The molecule has 0 saturated heterocycles. The van der Waals surface area contributed by atoms with E-state index in [4.69, 9.17) is 5.10 Å². The SMILES string of the molecule is Brc1ccc(-c2nnc3n2N=C(C2CCCCC2)CS3)cc1. The molecule has 4 rings (SSSR count). The number of rotatable bonds is 2. The standard InChI is InChI=1S/C16H17BrN4S/c17-13-8-6-12(7-9-13)15-18-19-16-21(15)20-14(10-22-16)11-4-2-1-3-5-11/h6-9,11H,1-5,10H2. The van der Waals surface area contributed by atoms with Crippen LogP contribution in [0.2, 0.25) is 0 Å². The van der Waals surface area contributed by atoms with Gasteiger partial charge in [-0.1, -0.05) is 59.1 Å². The lowest BCUT2D eigenvalue weighted by Gasteiger charge is -2.25. The number of hydrogen-bond donors (Lipinski definition) is 0. The highest BCUT2D eigenvalue weighted by atomic mass is 79.9. The molecule has 2 aliphatic rings. The molecule has 1 aliphatic heterocycles. The predicted molar refractivity (Wildman–Crippen MR) is 93.3 cm³/mol. The molecule has 2 heterocycles. The molecule has 0 spiro atoms. The topological polar surface area (TPSA) is 43.1 Å². The Labute approximate surface area is 142 Å². The average molecular weight is 377 g/mol. The molecule has 0 radical (unpaired) electrons. The number of thioether (sulfide) groups is 1. The van der Waals surface area contributed by atoms with Gasteiger partial charge in [0.05, 0.1) is 5.71 Å². The van der Waals surface area contributed by atoms with Gasteiger partial charge in [-0.05, 0) is 30.9 Å². The summed E-state index contributed by atoms with van der Waals surface area (Å²) in [7, 11) is 0. The molecular weight excluding hydrogens is 360 g/mol. The molecule has 114 valence electrons. The molecule has 0 unspecified atom stereocenters. The Kier molecular flexibility index (Phi) is 4.05. The fourth-order valence-corrected chi connectivity index (χ4v) is 4.34. The van der Waals surface area contributed by atoms with E-state index in [1.807, 2.05) is 16.8 Å². The summed E-state index contributed by atoms with van der Waals surface area (Å²) < 4.78 is 3.00. The van der Waals surface area contributed by atoms with Crippen molar-refractivity contribution in [3.8, 4) is 11.4 Å². The second-order valence-corrected chi connectivity index (χ2v) is 7.70. The molecule has 0 amide bonds. The van der Waals surface area contributed by atoms with Crippen molar-refractivity contribution in [2.75, 3.05) is 5.75 Å². The normalized spacial score (nSPS) is 18.9. The molecule has 1 aromatic heterocycles. The minimum absolute atomic E-state index is 0.648. The van der Waals surface area contributed by atoms with Crippen LogP contribution < -0.4 is 0 Å². The first-order valence-electron chi connectivity index (χ1n) is 7.73. The van der Waals surface area contributed by atoms with Gasteiger partial charge in [0.1, 0.15) is 0 Å². The average Bonchev–Trinajstić information content (AvgIpc) is 2.99. The fraction of sp³-hybridized carbons (Fsp3) is 0.438. The van der Waals surface area contributed by atoms with Crippen molar-refractivity contribution >= 4 is 33.4 Å². The van der Waals surface area contributed by atoms with E-state index in [9.17, 15) is 0 Å². The van der Waals surface area contributed by atoms with Crippen molar-refractivity contribution < 1.29 is 0 Å². The molecule has 6 heteroatoms. The summed E-state index contributed by atoms with van der Waals surface area (Å²) in [5.41, 5.74) is 2.37. The van der Waals surface area contributed by atoms with Gasteiger partial charge in [0.25, 0.3) is 0 Å². The monoisotopic (exact) mass is 376 g/mol. The number of benzene rings is 1. The van der Waals surface area contributed by atoms with Crippen LogP contribution in [0.4, 0.5) is 0 Å². The maximum Gasteiger partial charge on any atom is 0.212 e. The third kappa shape index (κ3) is 2.74. The molecule has 22 heavy (non-hydrogen) atoms. The van der Waals surface area contributed by atoms with Gasteiger partial charge in [-0.25, -0.2) is 0 Å². The maximum absolute atomic E-state index is 4.90. The molecule has 0 N–H and O–H groups in total. The van der Waals surface area contributed by atoms with Gasteiger partial charge in [0.15, 0.2) is 5.82 Å². The van der Waals surface area contributed by atoms with E-state index >= 15 is 0 Å². The van der Waals surface area contributed by atoms with Crippen LogP contribution in [0, 0.1) is 5.92 Å². The largest absolute Gasteiger partial charge is 0.212 e. The molecule has 1 aliphatic carbocycles. The Morgan fingerprint density at radius 1 is 1.05 bits per heavy atom. The van der Waals surface area contributed by atoms with Gasteiger partial charge in [0.2, 0.25) is 5.16 Å². The molecule has 0 atom stereocenters. The van der Waals surface area contributed by atoms with Crippen molar-refractivity contribution in [2.45, 2.75) is 37.3 Å². The van der Waals surface area contributed by atoms with E-state index in [2.05, 4.69) is 38.3 Å². The van der Waals surface area contributed by atoms with Gasteiger partial charge < -0.3 is 0 Å². The highest BCUT2D eigenvalue weighted by Gasteiger charge is 2.25. The number of fused-ring (bicyclic) bond motifs is 1. The van der Waals surface area contributed by atoms with E-state index in [1.165, 1.54) is 37.8 Å². The zero-order valence-corrected chi connectivity index (χ0v) is 14.6. The van der Waals surface area contributed by atoms with Crippen molar-refractivity contribution in [1.29, 1.82) is 0 Å². The maximum atomic E-state index is 4.90. The van der Waals surface area contributed by atoms with Gasteiger partial charge in [-0.3, -0.25) is 0 Å². The fourth-order valence-electron chi connectivity index (χ4n) is 3.16. The van der Waals surface area contributed by atoms with Crippen LogP contribution in [-0.4, -0.2) is 26.3 Å². The van der Waals surface area contributed by atoms with Crippen LogP contribution >= 0.6 is 27.7 Å². The van der Waals surface area contributed by atoms with Gasteiger partial charge in [-0.2, -0.15) is 9.78 Å². The summed E-state index contributed by atoms with van der Waals surface area (Å²) in [5.74, 6) is 2.45. The first-order valence-corrected chi connectivity index (χ1v) is 9.51. The molecule has 1 aromatic carbocycles. The molecule has 1 fully saturated rings. The van der Waals surface area contributed by atoms with E-state index in [1.54, 1.807) is 11.8 Å². The second-order valence-electron chi connectivity index (χ2n) is 5.84. The summed E-state index contributed by atoms with van der Waals surface area (Å²) in [4.78, 5) is 0.